The average molecular weight is 502 g/mol. The first-order valence-corrected chi connectivity index (χ1v) is 10.3. The third-order valence-corrected chi connectivity index (χ3v) is 5.82. The molecule has 0 spiro atoms. The van der Waals surface area contributed by atoms with Gasteiger partial charge in [-0.05, 0) is 30.3 Å². The molecule has 0 radical (unpaired) electrons. The maximum atomic E-state index is 12.6. The molecule has 0 aliphatic carbocycles. The summed E-state index contributed by atoms with van der Waals surface area (Å²) in [5.74, 6) is 1.24. The number of hydrogen-bond donors (Lipinski definition) is 1. The molecule has 162 valence electrons. The van der Waals surface area contributed by atoms with Crippen LogP contribution in [0.15, 0.2) is 46.4 Å². The highest BCUT2D eigenvalue weighted by atomic mass is 35.5. The van der Waals surface area contributed by atoms with Crippen LogP contribution in [0.25, 0.3) is 0 Å². The minimum absolute atomic E-state index is 0.00133. The van der Waals surface area contributed by atoms with E-state index in [0.717, 1.165) is 4.68 Å². The van der Waals surface area contributed by atoms with Crippen LogP contribution in [0.4, 0.5) is 5.69 Å². The summed E-state index contributed by atoms with van der Waals surface area (Å²) in [4.78, 5) is 12.6. The molecule has 0 aliphatic rings. The van der Waals surface area contributed by atoms with Gasteiger partial charge in [-0.15, -0.1) is 0 Å². The lowest BCUT2D eigenvalue weighted by Crippen LogP contribution is -2.24. The van der Waals surface area contributed by atoms with Gasteiger partial charge in [0.15, 0.2) is 0 Å². The fraction of sp³-hybridized carbons (Fsp3) is 0.150. The van der Waals surface area contributed by atoms with Crippen molar-refractivity contribution in [2.45, 2.75) is 6.54 Å². The highest BCUT2D eigenvalue weighted by molar-refractivity contribution is 6.44. The predicted octanol–water partition coefficient (Wildman–Crippen LogP) is 5.37. The highest BCUT2D eigenvalue weighted by Gasteiger charge is 2.14. The first-order chi connectivity index (χ1) is 14.8. The van der Waals surface area contributed by atoms with Crippen molar-refractivity contribution in [3.8, 4) is 11.5 Å². The van der Waals surface area contributed by atoms with Crippen molar-refractivity contribution < 1.29 is 9.47 Å². The lowest BCUT2D eigenvalue weighted by Gasteiger charge is -2.11. The van der Waals surface area contributed by atoms with Gasteiger partial charge in [0.25, 0.3) is 5.56 Å². The van der Waals surface area contributed by atoms with Gasteiger partial charge in [0.05, 0.1) is 43.2 Å². The quantitative estimate of drug-likeness (QED) is 0.267. The summed E-state index contributed by atoms with van der Waals surface area (Å²) in [6.07, 6.45) is 2.88. The van der Waals surface area contributed by atoms with Crippen LogP contribution < -0.4 is 20.5 Å². The number of methoxy groups -OCH3 is 2. The molecule has 1 N–H and O–H groups in total. The molecular formula is C20H16Cl4N4O3. The Morgan fingerprint density at radius 1 is 1.06 bits per heavy atom. The number of aromatic nitrogens is 2. The average Bonchev–Trinajstić information content (AvgIpc) is 2.78. The molecule has 1 aromatic heterocycles. The van der Waals surface area contributed by atoms with E-state index in [1.807, 2.05) is 0 Å². The van der Waals surface area contributed by atoms with Gasteiger partial charge in [0.2, 0.25) is 0 Å². The Morgan fingerprint density at radius 2 is 1.81 bits per heavy atom. The van der Waals surface area contributed by atoms with E-state index in [1.54, 1.807) is 44.6 Å². The first kappa shape index (κ1) is 23.2. The molecule has 1 heterocycles. The molecule has 3 aromatic rings. The third kappa shape index (κ3) is 5.25. The van der Waals surface area contributed by atoms with Crippen molar-refractivity contribution in [1.29, 1.82) is 0 Å². The first-order valence-electron chi connectivity index (χ1n) is 8.74. The number of nitrogens with one attached hydrogen (secondary N) is 1. The predicted molar refractivity (Wildman–Crippen MR) is 125 cm³/mol. The number of ether oxygens (including phenoxy) is 2. The zero-order chi connectivity index (χ0) is 22.5. The monoisotopic (exact) mass is 500 g/mol. The molecule has 0 unspecified atom stereocenters. The van der Waals surface area contributed by atoms with Crippen molar-refractivity contribution in [3.05, 3.63) is 78.1 Å². The van der Waals surface area contributed by atoms with E-state index in [0.29, 0.717) is 32.7 Å². The summed E-state index contributed by atoms with van der Waals surface area (Å²) in [5.41, 5.74) is 3.51. The molecule has 7 nitrogen and oxygen atoms in total. The maximum absolute atomic E-state index is 12.6. The summed E-state index contributed by atoms with van der Waals surface area (Å²) in [5, 5.41) is 9.05. The van der Waals surface area contributed by atoms with Gasteiger partial charge in [0, 0.05) is 16.1 Å². The fourth-order valence-corrected chi connectivity index (χ4v) is 3.49. The highest BCUT2D eigenvalue weighted by Crippen LogP contribution is 2.32. The second-order valence-electron chi connectivity index (χ2n) is 6.13. The maximum Gasteiger partial charge on any atom is 0.288 e. The summed E-state index contributed by atoms with van der Waals surface area (Å²) in [7, 11) is 3.11. The summed E-state index contributed by atoms with van der Waals surface area (Å²) < 4.78 is 11.6. The van der Waals surface area contributed by atoms with Gasteiger partial charge < -0.3 is 9.47 Å². The van der Waals surface area contributed by atoms with Crippen molar-refractivity contribution in [3.63, 3.8) is 0 Å². The minimum atomic E-state index is -0.548. The largest absolute Gasteiger partial charge is 0.497 e. The molecule has 11 heteroatoms. The molecule has 3 rings (SSSR count). The van der Waals surface area contributed by atoms with Crippen LogP contribution in [0.3, 0.4) is 0 Å². The molecule has 2 aromatic carbocycles. The molecule has 0 bridgehead atoms. The molecule has 31 heavy (non-hydrogen) atoms. The second kappa shape index (κ2) is 10.2. The van der Waals surface area contributed by atoms with Gasteiger partial charge in [-0.2, -0.15) is 10.2 Å². The number of rotatable bonds is 7. The number of anilines is 1. The smallest absolute Gasteiger partial charge is 0.288 e. The number of hydrogen-bond acceptors (Lipinski definition) is 6. The molecular weight excluding hydrogens is 486 g/mol. The van der Waals surface area contributed by atoms with Crippen molar-refractivity contribution in [2.24, 2.45) is 5.10 Å². The van der Waals surface area contributed by atoms with E-state index < -0.39 is 5.56 Å². The van der Waals surface area contributed by atoms with Gasteiger partial charge in [-0.1, -0.05) is 46.4 Å². The summed E-state index contributed by atoms with van der Waals surface area (Å²) in [6, 6.07) is 8.43. The number of nitrogens with zero attached hydrogens (tertiary/aromatic N) is 3. The van der Waals surface area contributed by atoms with Crippen LogP contribution in [0, 0.1) is 0 Å². The summed E-state index contributed by atoms with van der Waals surface area (Å²) in [6.45, 7) is 0.00133. The van der Waals surface area contributed by atoms with Crippen LogP contribution in [0.5, 0.6) is 11.5 Å². The van der Waals surface area contributed by atoms with Crippen LogP contribution in [-0.2, 0) is 6.54 Å². The van der Waals surface area contributed by atoms with E-state index >= 15 is 0 Å². The van der Waals surface area contributed by atoms with E-state index in [9.17, 15) is 4.79 Å². The Labute approximate surface area is 198 Å². The third-order valence-electron chi connectivity index (χ3n) is 4.26. The van der Waals surface area contributed by atoms with E-state index in [2.05, 4.69) is 15.6 Å². The molecule has 0 atom stereocenters. The minimum Gasteiger partial charge on any atom is -0.497 e. The lowest BCUT2D eigenvalue weighted by atomic mass is 10.2. The van der Waals surface area contributed by atoms with Gasteiger partial charge in [0.1, 0.15) is 22.2 Å². The van der Waals surface area contributed by atoms with Crippen LogP contribution in [0.2, 0.25) is 20.1 Å². The Bertz CT molecular complexity index is 1200. The van der Waals surface area contributed by atoms with E-state index in [-0.39, 0.29) is 22.3 Å². The normalized spacial score (nSPS) is 11.0. The zero-order valence-electron chi connectivity index (χ0n) is 16.3. The molecule has 0 aliphatic heterocycles. The summed E-state index contributed by atoms with van der Waals surface area (Å²) >= 11 is 24.6. The Kier molecular flexibility index (Phi) is 7.67. The zero-order valence-corrected chi connectivity index (χ0v) is 19.4. The standard InChI is InChI=1S/C20H16Cl4N4O3/c1-30-12-3-6-17(31-2)11(7-12)8-25-27-16-9-26-28(20(29)19(16)24)10-13-14(21)4-5-15(22)18(13)23/h3-9,27H,10H2,1-2H3. The van der Waals surface area contributed by atoms with Crippen molar-refractivity contribution in [2.75, 3.05) is 19.6 Å². The fourth-order valence-electron chi connectivity index (χ4n) is 2.63. The van der Waals surface area contributed by atoms with Gasteiger partial charge >= 0.3 is 0 Å². The van der Waals surface area contributed by atoms with Crippen LogP contribution >= 0.6 is 46.4 Å². The van der Waals surface area contributed by atoms with Gasteiger partial charge in [-0.3, -0.25) is 10.2 Å². The van der Waals surface area contributed by atoms with Crippen LogP contribution in [0.1, 0.15) is 11.1 Å². The Hall–Kier alpha value is -2.45. The van der Waals surface area contributed by atoms with Crippen LogP contribution in [-0.4, -0.2) is 30.2 Å². The SMILES string of the molecule is COc1ccc(OC)c(C=NNc2cnn(Cc3c(Cl)ccc(Cl)c3Cl)c(=O)c2Cl)c1. The number of halogens is 4. The topological polar surface area (TPSA) is 77.7 Å². The Balaban J connectivity index is 1.83. The molecule has 0 fully saturated rings. The molecule has 0 saturated heterocycles. The number of hydrazone groups is 1. The number of benzene rings is 2. The lowest BCUT2D eigenvalue weighted by molar-refractivity contribution is 0.402. The molecule has 0 saturated carbocycles. The second-order valence-corrected chi connectivity index (χ2v) is 7.70. The Morgan fingerprint density at radius 3 is 2.52 bits per heavy atom. The van der Waals surface area contributed by atoms with Gasteiger partial charge in [-0.25, -0.2) is 4.68 Å². The molecule has 0 amide bonds. The van der Waals surface area contributed by atoms with E-state index in [4.69, 9.17) is 55.9 Å². The van der Waals surface area contributed by atoms with Crippen molar-refractivity contribution in [1.82, 2.24) is 9.78 Å². The van der Waals surface area contributed by atoms with E-state index in [1.165, 1.54) is 12.4 Å². The van der Waals surface area contributed by atoms with Crippen molar-refractivity contribution >= 4 is 58.3 Å².